The summed E-state index contributed by atoms with van der Waals surface area (Å²) in [5.74, 6) is -41.5. The van der Waals surface area contributed by atoms with Crippen LogP contribution in [0.1, 0.15) is 12.5 Å². The number of alkyl halides is 13. The van der Waals surface area contributed by atoms with Crippen LogP contribution < -0.4 is 9.47 Å². The van der Waals surface area contributed by atoms with E-state index in [4.69, 9.17) is 14.6 Å². The van der Waals surface area contributed by atoms with E-state index in [0.717, 1.165) is 0 Å². The number of amides is 1. The molecule has 1 unspecified atom stereocenters. The van der Waals surface area contributed by atoms with E-state index in [-0.39, 0.29) is 18.8 Å². The van der Waals surface area contributed by atoms with Crippen LogP contribution in [0, 0.1) is 5.82 Å². The van der Waals surface area contributed by atoms with Crippen LogP contribution in [0.15, 0.2) is 48.5 Å². The molecular formula is C27H23F14NO6. The smallest absolute Gasteiger partial charge is 0.460 e. The van der Waals surface area contributed by atoms with Crippen molar-refractivity contribution in [2.75, 3.05) is 26.3 Å². The molecule has 0 aliphatic heterocycles. The Bertz CT molecular complexity index is 1380. The van der Waals surface area contributed by atoms with E-state index in [0.29, 0.717) is 29.8 Å². The first-order valence-electron chi connectivity index (χ1n) is 13.1. The van der Waals surface area contributed by atoms with Gasteiger partial charge in [0, 0.05) is 13.0 Å². The number of hydrogen-bond acceptors (Lipinski definition) is 5. The van der Waals surface area contributed by atoms with Gasteiger partial charge >= 0.3 is 47.9 Å². The first kappa shape index (κ1) is 40.1. The molecule has 0 spiro atoms. The topological polar surface area (TPSA) is 85.3 Å². The van der Waals surface area contributed by atoms with Crippen molar-refractivity contribution in [1.29, 1.82) is 0 Å². The summed E-state index contributed by atoms with van der Waals surface area (Å²) in [5.41, 5.74) is 0.378. The highest BCUT2D eigenvalue weighted by Gasteiger charge is 2.90. The lowest BCUT2D eigenvalue weighted by molar-refractivity contribution is -0.440. The molecular weight excluding hydrogens is 700 g/mol. The second-order valence-corrected chi connectivity index (χ2v) is 9.72. The first-order chi connectivity index (χ1) is 21.8. The van der Waals surface area contributed by atoms with Crippen molar-refractivity contribution in [3.8, 4) is 11.5 Å². The number of rotatable bonds is 16. The lowest BCUT2D eigenvalue weighted by Crippen LogP contribution is -2.71. The highest BCUT2D eigenvalue weighted by Crippen LogP contribution is 2.60. The monoisotopic (exact) mass is 723 g/mol. The molecule has 0 saturated carbocycles. The Morgan fingerprint density at radius 1 is 0.750 bits per heavy atom. The normalized spacial score (nSPS) is 14.0. The van der Waals surface area contributed by atoms with Gasteiger partial charge < -0.3 is 19.3 Å². The number of hydrogen-bond donors (Lipinski definition) is 1. The Hall–Kier alpha value is -4.04. The zero-order chi connectivity index (χ0) is 36.9. The number of halogens is 14. The van der Waals surface area contributed by atoms with Gasteiger partial charge in [0.1, 0.15) is 23.9 Å². The number of carbonyl (C=O) groups excluding carboxylic acids is 1. The molecule has 2 rings (SSSR count). The minimum Gasteiger partial charge on any atom is -0.492 e. The van der Waals surface area contributed by atoms with Gasteiger partial charge in [-0.15, -0.1) is 0 Å². The summed E-state index contributed by atoms with van der Waals surface area (Å²) in [6.07, 6.45) is -11.1. The van der Waals surface area contributed by atoms with Gasteiger partial charge in [-0.3, -0.25) is 4.90 Å². The van der Waals surface area contributed by atoms with E-state index in [9.17, 15) is 71.1 Å². The molecule has 0 radical (unpaired) electrons. The quantitative estimate of drug-likeness (QED) is 0.181. The molecule has 48 heavy (non-hydrogen) atoms. The molecule has 0 bridgehead atoms. The zero-order valence-corrected chi connectivity index (χ0v) is 24.0. The third-order valence-corrected chi connectivity index (χ3v) is 6.28. The number of benzene rings is 2. The Morgan fingerprint density at radius 3 is 1.73 bits per heavy atom. The molecule has 2 aromatic rings. The van der Waals surface area contributed by atoms with Gasteiger partial charge in [0.15, 0.2) is 6.10 Å². The molecule has 2 aromatic carbocycles. The van der Waals surface area contributed by atoms with Gasteiger partial charge in [-0.1, -0.05) is 12.1 Å². The third-order valence-electron chi connectivity index (χ3n) is 6.28. The van der Waals surface area contributed by atoms with Crippen LogP contribution in [0.3, 0.4) is 0 Å². The molecule has 0 saturated heterocycles. The summed E-state index contributed by atoms with van der Waals surface area (Å²) >= 11 is 0. The van der Waals surface area contributed by atoms with Crippen LogP contribution in [-0.4, -0.2) is 90.3 Å². The average Bonchev–Trinajstić information content (AvgIpc) is 2.97. The van der Waals surface area contributed by atoms with Gasteiger partial charge in [-0.25, -0.2) is 14.0 Å². The Morgan fingerprint density at radius 2 is 1.25 bits per heavy atom. The molecule has 270 valence electrons. The maximum absolute atomic E-state index is 14.6. The average molecular weight is 723 g/mol. The van der Waals surface area contributed by atoms with Crippen molar-refractivity contribution < 1.29 is 90.4 Å². The van der Waals surface area contributed by atoms with Crippen molar-refractivity contribution in [3.05, 3.63) is 59.9 Å². The van der Waals surface area contributed by atoms with Crippen LogP contribution >= 0.6 is 0 Å². The van der Waals surface area contributed by atoms with Crippen LogP contribution in [-0.2, 0) is 16.0 Å². The van der Waals surface area contributed by atoms with E-state index >= 15 is 0 Å². The highest BCUT2D eigenvalue weighted by molar-refractivity contribution is 5.72. The van der Waals surface area contributed by atoms with E-state index < -0.39 is 90.1 Å². The van der Waals surface area contributed by atoms with Crippen molar-refractivity contribution in [2.24, 2.45) is 0 Å². The second-order valence-electron chi connectivity index (χ2n) is 9.72. The molecule has 7 nitrogen and oxygen atoms in total. The van der Waals surface area contributed by atoms with E-state index in [2.05, 4.69) is 4.74 Å². The lowest BCUT2D eigenvalue weighted by atomic mass is 9.93. The van der Waals surface area contributed by atoms with E-state index in [1.165, 1.54) is 31.2 Å². The fourth-order valence-electron chi connectivity index (χ4n) is 3.67. The summed E-state index contributed by atoms with van der Waals surface area (Å²) in [7, 11) is 0. The fraction of sp³-hybridized carbons (Fsp3) is 0.481. The molecule has 21 heteroatoms. The number of ether oxygens (including phenoxy) is 3. The Kier molecular flexibility index (Phi) is 12.2. The largest absolute Gasteiger partial charge is 0.492 e. The number of aliphatic carboxylic acids is 1. The molecule has 0 aliphatic rings. The van der Waals surface area contributed by atoms with Crippen molar-refractivity contribution >= 4 is 12.1 Å². The van der Waals surface area contributed by atoms with Crippen LogP contribution in [0.5, 0.6) is 11.5 Å². The predicted octanol–water partition coefficient (Wildman–Crippen LogP) is 7.48. The summed E-state index contributed by atoms with van der Waals surface area (Å²) in [6, 6.07) is 7.66. The van der Waals surface area contributed by atoms with E-state index in [1.807, 2.05) is 0 Å². The number of carboxylic acids is 1. The van der Waals surface area contributed by atoms with Gasteiger partial charge in [0.05, 0.1) is 13.1 Å². The van der Waals surface area contributed by atoms with Gasteiger partial charge in [-0.05, 0) is 48.9 Å². The SMILES string of the molecule is CCOC(Cc1ccc(OCCN(CC(F)(F)C(F)(F)C(F)(F)C(F)(F)C(F)(F)C(F)(F)F)C(=O)Oc2ccc(F)cc2)cc1)C(=O)O. The number of carboxylic acid groups (broad SMARTS) is 1. The minimum atomic E-state index is -8.13. The summed E-state index contributed by atoms with van der Waals surface area (Å²) in [6.45, 7) is -3.73. The highest BCUT2D eigenvalue weighted by atomic mass is 19.4. The summed E-state index contributed by atoms with van der Waals surface area (Å²) in [5, 5.41) is 9.16. The molecule has 0 aromatic heterocycles. The third kappa shape index (κ3) is 8.51. The van der Waals surface area contributed by atoms with E-state index in [1.54, 1.807) is 0 Å². The number of carbonyl (C=O) groups is 2. The first-order valence-corrected chi connectivity index (χ1v) is 13.1. The van der Waals surface area contributed by atoms with Crippen LogP contribution in [0.25, 0.3) is 0 Å². The second kappa shape index (κ2) is 14.6. The Labute approximate surface area is 260 Å². The summed E-state index contributed by atoms with van der Waals surface area (Å²) < 4.78 is 205. The predicted molar refractivity (Wildman–Crippen MR) is 133 cm³/mol. The van der Waals surface area contributed by atoms with Crippen molar-refractivity contribution in [2.45, 2.75) is 55.2 Å². The molecule has 0 heterocycles. The zero-order valence-electron chi connectivity index (χ0n) is 24.0. The molecule has 1 amide bonds. The van der Waals surface area contributed by atoms with Crippen molar-refractivity contribution in [3.63, 3.8) is 0 Å². The summed E-state index contributed by atoms with van der Waals surface area (Å²) in [4.78, 5) is 23.2. The maximum atomic E-state index is 14.6. The maximum Gasteiger partial charge on any atom is 0.460 e. The fourth-order valence-corrected chi connectivity index (χ4v) is 3.67. The molecule has 0 fully saturated rings. The van der Waals surface area contributed by atoms with Gasteiger partial charge in [-0.2, -0.15) is 57.1 Å². The minimum absolute atomic E-state index is 0.0589. The Balaban J connectivity index is 2.33. The van der Waals surface area contributed by atoms with Crippen molar-refractivity contribution in [1.82, 2.24) is 4.90 Å². The standard InChI is InChI=1S/C27H23F14NO6/c1-2-46-19(20(43)44)13-15-3-7-17(8-4-15)47-12-11-42(21(45)48-18-9-5-16(28)6-10-18)14-22(29,30)23(31,32)24(33,34)25(35,36)26(37,38)27(39,40)41/h3-10,19H,2,11-14H2,1H3,(H,43,44). The van der Waals surface area contributed by atoms with Crippen LogP contribution in [0.2, 0.25) is 0 Å². The molecule has 0 aliphatic carbocycles. The number of nitrogens with zero attached hydrogens (tertiary/aromatic N) is 1. The molecule has 1 atom stereocenters. The molecule has 1 N–H and O–H groups in total. The van der Waals surface area contributed by atoms with Gasteiger partial charge in [0.2, 0.25) is 0 Å². The lowest BCUT2D eigenvalue weighted by Gasteiger charge is -2.40. The van der Waals surface area contributed by atoms with Gasteiger partial charge in [0.25, 0.3) is 0 Å². The van der Waals surface area contributed by atoms with Crippen LogP contribution in [0.4, 0.5) is 66.3 Å².